The van der Waals surface area contributed by atoms with Crippen LogP contribution in [0.3, 0.4) is 0 Å². The number of nitrogens with one attached hydrogen (secondary N) is 1. The third kappa shape index (κ3) is 4.71. The van der Waals surface area contributed by atoms with Crippen molar-refractivity contribution in [2.45, 2.75) is 6.42 Å². The summed E-state index contributed by atoms with van der Waals surface area (Å²) < 4.78 is 0. The molecule has 6 nitrogen and oxygen atoms in total. The van der Waals surface area contributed by atoms with E-state index in [1.807, 2.05) is 18.2 Å². The lowest BCUT2D eigenvalue weighted by Gasteiger charge is -2.23. The zero-order valence-electron chi connectivity index (χ0n) is 15.2. The van der Waals surface area contributed by atoms with E-state index in [0.717, 1.165) is 19.5 Å². The Labute approximate surface area is 163 Å². The van der Waals surface area contributed by atoms with Crippen LogP contribution in [0.25, 0.3) is 0 Å². The van der Waals surface area contributed by atoms with Crippen molar-refractivity contribution in [1.29, 1.82) is 0 Å². The molecule has 27 heavy (non-hydrogen) atoms. The van der Waals surface area contributed by atoms with Crippen molar-refractivity contribution in [2.24, 2.45) is 11.7 Å². The Hall–Kier alpha value is -2.73. The first-order valence-electron chi connectivity index (χ1n) is 8.85. The van der Waals surface area contributed by atoms with Gasteiger partial charge in [0.25, 0.3) is 0 Å². The first-order valence-corrected chi connectivity index (χ1v) is 9.23. The number of amides is 3. The van der Waals surface area contributed by atoms with Crippen LogP contribution in [0.5, 0.6) is 0 Å². The van der Waals surface area contributed by atoms with Crippen LogP contribution in [0, 0.1) is 5.92 Å². The molecule has 142 valence electrons. The number of carbonyl (C=O) groups is 2. The van der Waals surface area contributed by atoms with Gasteiger partial charge in [0.05, 0.1) is 10.6 Å². The van der Waals surface area contributed by atoms with Crippen LogP contribution in [0.15, 0.2) is 48.5 Å². The molecule has 2 aromatic rings. The second-order valence-corrected chi connectivity index (χ2v) is 7.21. The van der Waals surface area contributed by atoms with E-state index in [-0.39, 0.29) is 16.6 Å². The molecule has 1 aliphatic rings. The number of primary amides is 1. The molecule has 0 spiro atoms. The lowest BCUT2D eigenvalue weighted by atomic mass is 10.1. The molecule has 3 N–H and O–H groups in total. The number of anilines is 2. The van der Waals surface area contributed by atoms with Crippen molar-refractivity contribution in [3.8, 4) is 0 Å². The zero-order chi connectivity index (χ0) is 19.4. The smallest absolute Gasteiger partial charge is 0.321 e. The molecule has 3 amide bonds. The van der Waals surface area contributed by atoms with Crippen molar-refractivity contribution in [1.82, 2.24) is 4.90 Å². The fourth-order valence-corrected chi connectivity index (χ4v) is 3.61. The van der Waals surface area contributed by atoms with E-state index in [1.54, 1.807) is 18.0 Å². The van der Waals surface area contributed by atoms with Gasteiger partial charge in [-0.2, -0.15) is 0 Å². The summed E-state index contributed by atoms with van der Waals surface area (Å²) in [5.74, 6) is -0.180. The molecule has 1 heterocycles. The number of nitrogens with two attached hydrogens (primary N) is 1. The van der Waals surface area contributed by atoms with E-state index in [2.05, 4.69) is 22.3 Å². The molecule has 0 unspecified atom stereocenters. The van der Waals surface area contributed by atoms with Crippen molar-refractivity contribution >= 4 is 34.9 Å². The van der Waals surface area contributed by atoms with Crippen LogP contribution in [-0.2, 0) is 0 Å². The summed E-state index contributed by atoms with van der Waals surface area (Å²) in [5.41, 5.74) is 7.21. The summed E-state index contributed by atoms with van der Waals surface area (Å²) >= 11 is 6.03. The Kier molecular flexibility index (Phi) is 5.86. The number of urea groups is 1. The molecule has 0 radical (unpaired) electrons. The molecule has 1 atom stereocenters. The van der Waals surface area contributed by atoms with Crippen LogP contribution < -0.4 is 16.0 Å². The van der Waals surface area contributed by atoms with Crippen molar-refractivity contribution in [3.63, 3.8) is 0 Å². The van der Waals surface area contributed by atoms with Crippen LogP contribution >= 0.6 is 11.6 Å². The second-order valence-electron chi connectivity index (χ2n) is 6.81. The van der Waals surface area contributed by atoms with E-state index >= 15 is 0 Å². The van der Waals surface area contributed by atoms with Gasteiger partial charge in [-0.15, -0.1) is 0 Å². The van der Waals surface area contributed by atoms with Gasteiger partial charge in [0.15, 0.2) is 0 Å². The van der Waals surface area contributed by atoms with Gasteiger partial charge in [-0.1, -0.05) is 29.8 Å². The Morgan fingerprint density at radius 2 is 2.00 bits per heavy atom. The molecule has 0 aromatic heterocycles. The average molecular weight is 387 g/mol. The molecule has 2 aromatic carbocycles. The highest BCUT2D eigenvalue weighted by Crippen LogP contribution is 2.24. The molecule has 0 aliphatic carbocycles. The summed E-state index contributed by atoms with van der Waals surface area (Å²) in [6, 6.07) is 14.7. The average Bonchev–Trinajstić information content (AvgIpc) is 3.10. The molecule has 0 bridgehead atoms. The Morgan fingerprint density at radius 3 is 2.67 bits per heavy atom. The van der Waals surface area contributed by atoms with Gasteiger partial charge < -0.3 is 20.9 Å². The standard InChI is InChI=1S/C20H23ClN4O2/c1-24(12-14-9-10-25(13-14)16-5-3-2-4-6-16)20(27)23-15-7-8-17(19(22)26)18(21)11-15/h2-8,11,14H,9-10,12-13H2,1H3,(H2,22,26)(H,23,27)/t14-/m0/s1. The number of benzene rings is 2. The number of hydrogen-bond acceptors (Lipinski definition) is 3. The van der Waals surface area contributed by atoms with E-state index in [1.165, 1.54) is 17.8 Å². The Balaban J connectivity index is 1.54. The largest absolute Gasteiger partial charge is 0.371 e. The monoisotopic (exact) mass is 386 g/mol. The van der Waals surface area contributed by atoms with E-state index in [0.29, 0.717) is 18.2 Å². The fourth-order valence-electron chi connectivity index (χ4n) is 3.34. The predicted octanol–water partition coefficient (Wildman–Crippen LogP) is 3.43. The molecular weight excluding hydrogens is 364 g/mol. The third-order valence-electron chi connectivity index (χ3n) is 4.77. The second kappa shape index (κ2) is 8.31. The number of carbonyl (C=O) groups excluding carboxylic acids is 2. The van der Waals surface area contributed by atoms with E-state index in [9.17, 15) is 9.59 Å². The van der Waals surface area contributed by atoms with Crippen molar-refractivity contribution < 1.29 is 9.59 Å². The predicted molar refractivity (Wildman–Crippen MR) is 108 cm³/mol. The van der Waals surface area contributed by atoms with Crippen LogP contribution in [-0.4, -0.2) is 43.5 Å². The zero-order valence-corrected chi connectivity index (χ0v) is 15.9. The lowest BCUT2D eigenvalue weighted by Crippen LogP contribution is -2.36. The minimum atomic E-state index is -0.598. The highest BCUT2D eigenvalue weighted by Gasteiger charge is 2.25. The molecule has 1 aliphatic heterocycles. The Bertz CT molecular complexity index is 828. The van der Waals surface area contributed by atoms with Crippen LogP contribution in [0.4, 0.5) is 16.2 Å². The number of hydrogen-bond donors (Lipinski definition) is 2. The molecule has 0 saturated carbocycles. The highest BCUT2D eigenvalue weighted by atomic mass is 35.5. The van der Waals surface area contributed by atoms with Gasteiger partial charge in [-0.25, -0.2) is 4.79 Å². The molecule has 7 heteroatoms. The maximum Gasteiger partial charge on any atom is 0.321 e. The summed E-state index contributed by atoms with van der Waals surface area (Å²) in [6.07, 6.45) is 1.05. The quantitative estimate of drug-likeness (QED) is 0.826. The van der Waals surface area contributed by atoms with Gasteiger partial charge in [0.1, 0.15) is 0 Å². The van der Waals surface area contributed by atoms with Gasteiger partial charge in [0.2, 0.25) is 5.91 Å². The summed E-state index contributed by atoms with van der Waals surface area (Å²) in [7, 11) is 1.78. The van der Waals surface area contributed by atoms with Gasteiger partial charge in [-0.05, 0) is 42.7 Å². The first-order chi connectivity index (χ1) is 12.9. The van der Waals surface area contributed by atoms with Crippen LogP contribution in [0.2, 0.25) is 5.02 Å². The summed E-state index contributed by atoms with van der Waals surface area (Å²) in [4.78, 5) is 27.7. The van der Waals surface area contributed by atoms with E-state index in [4.69, 9.17) is 17.3 Å². The minimum absolute atomic E-state index is 0.212. The van der Waals surface area contributed by atoms with Crippen LogP contribution in [0.1, 0.15) is 16.8 Å². The number of para-hydroxylation sites is 1. The lowest BCUT2D eigenvalue weighted by molar-refractivity contribution is 0.100. The van der Waals surface area contributed by atoms with Gasteiger partial charge >= 0.3 is 6.03 Å². The third-order valence-corrected chi connectivity index (χ3v) is 5.08. The number of nitrogens with zero attached hydrogens (tertiary/aromatic N) is 2. The highest BCUT2D eigenvalue weighted by molar-refractivity contribution is 6.34. The van der Waals surface area contributed by atoms with Gasteiger partial charge in [0, 0.05) is 38.1 Å². The molecular formula is C20H23ClN4O2. The van der Waals surface area contributed by atoms with Crippen molar-refractivity contribution in [3.05, 3.63) is 59.1 Å². The maximum absolute atomic E-state index is 12.4. The number of halogens is 1. The maximum atomic E-state index is 12.4. The topological polar surface area (TPSA) is 78.7 Å². The Morgan fingerprint density at radius 1 is 1.26 bits per heavy atom. The fraction of sp³-hybridized carbons (Fsp3) is 0.300. The van der Waals surface area contributed by atoms with Crippen molar-refractivity contribution in [2.75, 3.05) is 36.9 Å². The van der Waals surface area contributed by atoms with Gasteiger partial charge in [-0.3, -0.25) is 4.79 Å². The molecule has 1 fully saturated rings. The first kappa shape index (κ1) is 19.0. The summed E-state index contributed by atoms with van der Waals surface area (Å²) in [5, 5.41) is 3.02. The molecule has 1 saturated heterocycles. The normalized spacial score (nSPS) is 16.2. The SMILES string of the molecule is CN(C[C@@H]1CCN(c2ccccc2)C1)C(=O)Nc1ccc(C(N)=O)c(Cl)c1. The number of rotatable bonds is 5. The van der Waals surface area contributed by atoms with E-state index < -0.39 is 5.91 Å². The summed E-state index contributed by atoms with van der Waals surface area (Å²) in [6.45, 7) is 2.59. The minimum Gasteiger partial charge on any atom is -0.371 e. The molecule has 3 rings (SSSR count).